The quantitative estimate of drug-likeness (QED) is 0.535. The molecule has 2 N–H and O–H groups in total. The Kier molecular flexibility index (Phi) is 5.29. The molecule has 0 atom stereocenters. The van der Waals surface area contributed by atoms with Crippen molar-refractivity contribution in [1.82, 2.24) is 15.2 Å². The fourth-order valence-corrected chi connectivity index (χ4v) is 4.37. The number of aromatic amines is 1. The van der Waals surface area contributed by atoms with Crippen molar-refractivity contribution in [1.29, 1.82) is 0 Å². The topological polar surface area (TPSA) is 46.7 Å². The third-order valence-electron chi connectivity index (χ3n) is 5.02. The number of halogens is 1. The molecule has 0 aliphatic carbocycles. The van der Waals surface area contributed by atoms with Crippen LogP contribution in [0, 0.1) is 5.82 Å². The molecule has 3 heterocycles. The van der Waals surface area contributed by atoms with Crippen LogP contribution in [0.5, 0.6) is 0 Å². The zero-order valence-electron chi connectivity index (χ0n) is 15.4. The van der Waals surface area contributed by atoms with Crippen LogP contribution in [0.3, 0.4) is 0 Å². The largest absolute Gasteiger partial charge is 0.361 e. The highest BCUT2D eigenvalue weighted by Gasteiger charge is 2.20. The summed E-state index contributed by atoms with van der Waals surface area (Å²) in [5, 5.41) is 7.87. The zero-order valence-corrected chi connectivity index (χ0v) is 16.2. The molecule has 2 aromatic heterocycles. The molecule has 1 aromatic carbocycles. The minimum Gasteiger partial charge on any atom is -0.361 e. The fourth-order valence-electron chi connectivity index (χ4n) is 3.59. The number of nitrogens with zero attached hydrogens (tertiary/aromatic N) is 3. The van der Waals surface area contributed by atoms with E-state index >= 15 is 0 Å². The zero-order chi connectivity index (χ0) is 18.6. The molecule has 0 spiro atoms. The first-order valence-electron chi connectivity index (χ1n) is 9.24. The molecule has 27 heavy (non-hydrogen) atoms. The van der Waals surface area contributed by atoms with E-state index in [1.807, 2.05) is 13.2 Å². The third-order valence-corrected chi connectivity index (χ3v) is 5.94. The van der Waals surface area contributed by atoms with Crippen molar-refractivity contribution in [3.63, 3.8) is 0 Å². The average Bonchev–Trinajstić information content (AvgIpc) is 3.36. The van der Waals surface area contributed by atoms with Crippen LogP contribution in [0.25, 0.3) is 10.9 Å². The van der Waals surface area contributed by atoms with E-state index in [1.165, 1.54) is 11.1 Å². The van der Waals surface area contributed by atoms with Crippen molar-refractivity contribution < 1.29 is 4.39 Å². The van der Waals surface area contributed by atoms with Gasteiger partial charge in [-0.3, -0.25) is 4.99 Å². The Hall–Kier alpha value is -2.54. The number of aliphatic imine (C=N–C) groups is 1. The predicted molar refractivity (Wildman–Crippen MR) is 111 cm³/mol. The molecular weight excluding hydrogens is 361 g/mol. The van der Waals surface area contributed by atoms with Crippen molar-refractivity contribution >= 4 is 33.2 Å². The average molecular weight is 386 g/mol. The molecule has 3 aromatic rings. The second kappa shape index (κ2) is 8.00. The molecule has 1 aliphatic heterocycles. The minimum absolute atomic E-state index is 0.198. The van der Waals surface area contributed by atoms with Crippen molar-refractivity contribution in [3.8, 4) is 0 Å². The lowest BCUT2D eigenvalue weighted by Gasteiger charge is -2.37. The maximum atomic E-state index is 13.5. The van der Waals surface area contributed by atoms with E-state index in [0.717, 1.165) is 61.6 Å². The number of benzene rings is 1. The van der Waals surface area contributed by atoms with E-state index in [9.17, 15) is 4.39 Å². The van der Waals surface area contributed by atoms with Crippen LogP contribution < -0.4 is 10.2 Å². The van der Waals surface area contributed by atoms with Crippen LogP contribution >= 0.6 is 11.3 Å². The second-order valence-electron chi connectivity index (χ2n) is 6.65. The lowest BCUT2D eigenvalue weighted by Crippen LogP contribution is -2.52. The van der Waals surface area contributed by atoms with Gasteiger partial charge in [0.2, 0.25) is 0 Å². The van der Waals surface area contributed by atoms with Crippen molar-refractivity contribution in [2.75, 3.05) is 44.7 Å². The summed E-state index contributed by atoms with van der Waals surface area (Å²) in [6, 6.07) is 9.15. The van der Waals surface area contributed by atoms with Gasteiger partial charge in [0.05, 0.1) is 5.00 Å². The molecule has 0 amide bonds. The summed E-state index contributed by atoms with van der Waals surface area (Å²) >= 11 is 1.79. The van der Waals surface area contributed by atoms with Gasteiger partial charge in [0.1, 0.15) is 5.82 Å². The van der Waals surface area contributed by atoms with Crippen LogP contribution in [-0.4, -0.2) is 55.6 Å². The minimum atomic E-state index is -0.198. The Labute approximate surface area is 162 Å². The molecule has 1 saturated heterocycles. The molecule has 4 rings (SSSR count). The summed E-state index contributed by atoms with van der Waals surface area (Å²) in [5.74, 6) is 0.739. The lowest BCUT2D eigenvalue weighted by molar-refractivity contribution is 0.374. The van der Waals surface area contributed by atoms with Crippen LogP contribution in [0.4, 0.5) is 9.39 Å². The van der Waals surface area contributed by atoms with Crippen LogP contribution in [0.2, 0.25) is 0 Å². The highest BCUT2D eigenvalue weighted by Crippen LogP contribution is 2.22. The molecule has 0 radical (unpaired) electrons. The van der Waals surface area contributed by atoms with Gasteiger partial charge in [-0.1, -0.05) is 0 Å². The summed E-state index contributed by atoms with van der Waals surface area (Å²) in [5.41, 5.74) is 2.09. The SMILES string of the molecule is CN=C(NCCc1c[nH]c2ccc(F)cc12)N1CCN(c2cccs2)CC1. The van der Waals surface area contributed by atoms with Gasteiger partial charge in [-0.15, -0.1) is 11.3 Å². The number of H-pyrrole nitrogens is 1. The summed E-state index contributed by atoms with van der Waals surface area (Å²) in [6.45, 7) is 4.68. The Morgan fingerprint density at radius 2 is 2.11 bits per heavy atom. The van der Waals surface area contributed by atoms with Crippen molar-refractivity contribution in [2.45, 2.75) is 6.42 Å². The van der Waals surface area contributed by atoms with E-state index in [-0.39, 0.29) is 5.82 Å². The molecule has 0 unspecified atom stereocenters. The normalized spacial score (nSPS) is 15.6. The summed E-state index contributed by atoms with van der Waals surface area (Å²) in [4.78, 5) is 12.4. The number of hydrogen-bond acceptors (Lipinski definition) is 3. The van der Waals surface area contributed by atoms with Gasteiger partial charge < -0.3 is 20.1 Å². The summed E-state index contributed by atoms with van der Waals surface area (Å²) in [6.07, 6.45) is 2.78. The van der Waals surface area contributed by atoms with Gasteiger partial charge in [-0.2, -0.15) is 0 Å². The number of aromatic nitrogens is 1. The van der Waals surface area contributed by atoms with E-state index < -0.39 is 0 Å². The predicted octanol–water partition coefficient (Wildman–Crippen LogP) is 3.31. The highest BCUT2D eigenvalue weighted by molar-refractivity contribution is 7.14. The molecule has 1 aliphatic rings. The third kappa shape index (κ3) is 3.93. The number of thiophene rings is 1. The Morgan fingerprint density at radius 1 is 1.26 bits per heavy atom. The highest BCUT2D eigenvalue weighted by atomic mass is 32.1. The van der Waals surface area contributed by atoms with Gasteiger partial charge in [-0.25, -0.2) is 4.39 Å². The first-order valence-corrected chi connectivity index (χ1v) is 10.1. The Morgan fingerprint density at radius 3 is 2.85 bits per heavy atom. The van der Waals surface area contributed by atoms with Gasteiger partial charge in [-0.05, 0) is 47.7 Å². The maximum Gasteiger partial charge on any atom is 0.193 e. The molecule has 5 nitrogen and oxygen atoms in total. The number of hydrogen-bond donors (Lipinski definition) is 2. The smallest absolute Gasteiger partial charge is 0.193 e. The lowest BCUT2D eigenvalue weighted by atomic mass is 10.1. The number of rotatable bonds is 4. The molecule has 142 valence electrons. The monoisotopic (exact) mass is 385 g/mol. The number of piperazine rings is 1. The van der Waals surface area contributed by atoms with E-state index in [1.54, 1.807) is 23.5 Å². The number of nitrogens with one attached hydrogen (secondary N) is 2. The van der Waals surface area contributed by atoms with Crippen molar-refractivity contribution in [3.05, 3.63) is 53.3 Å². The first kappa shape index (κ1) is 17.9. The van der Waals surface area contributed by atoms with Gasteiger partial charge in [0.25, 0.3) is 0 Å². The molecule has 0 saturated carbocycles. The number of guanidine groups is 1. The maximum absolute atomic E-state index is 13.5. The molecule has 1 fully saturated rings. The van der Waals surface area contributed by atoms with Crippen molar-refractivity contribution in [2.24, 2.45) is 4.99 Å². The van der Waals surface area contributed by atoms with Crippen LogP contribution in [-0.2, 0) is 6.42 Å². The fraction of sp³-hybridized carbons (Fsp3) is 0.350. The van der Waals surface area contributed by atoms with Gasteiger partial charge >= 0.3 is 0 Å². The van der Waals surface area contributed by atoms with E-state index in [4.69, 9.17) is 0 Å². The Bertz CT molecular complexity index is 910. The van der Waals surface area contributed by atoms with Crippen LogP contribution in [0.15, 0.2) is 46.9 Å². The van der Waals surface area contributed by atoms with E-state index in [0.29, 0.717) is 0 Å². The second-order valence-corrected chi connectivity index (χ2v) is 7.58. The van der Waals surface area contributed by atoms with Crippen LogP contribution in [0.1, 0.15) is 5.56 Å². The van der Waals surface area contributed by atoms with Gasteiger partial charge in [0.15, 0.2) is 5.96 Å². The van der Waals surface area contributed by atoms with E-state index in [2.05, 4.69) is 42.6 Å². The Balaban J connectivity index is 1.31. The molecular formula is C20H24FN5S. The molecule has 7 heteroatoms. The first-order chi connectivity index (χ1) is 13.2. The number of anilines is 1. The summed E-state index contributed by atoms with van der Waals surface area (Å²) < 4.78 is 13.5. The number of fused-ring (bicyclic) bond motifs is 1. The standard InChI is InChI=1S/C20H24FN5S/c1-22-20(26-10-8-25(9-11-26)19-3-2-12-27-19)23-7-6-15-14-24-18-5-4-16(21)13-17(15)18/h2-5,12-14,24H,6-11H2,1H3,(H,22,23). The summed E-state index contributed by atoms with van der Waals surface area (Å²) in [7, 11) is 1.83. The van der Waals surface area contributed by atoms with Gasteiger partial charge in [0, 0.05) is 56.9 Å². The molecule has 0 bridgehead atoms.